The molecule has 0 aromatic heterocycles. The van der Waals surface area contributed by atoms with E-state index in [0.717, 1.165) is 5.56 Å². The molecule has 0 aliphatic rings. The monoisotopic (exact) mass is 284 g/mol. The molecular weight excluding hydrogens is 268 g/mol. The van der Waals surface area contributed by atoms with Gasteiger partial charge in [-0.3, -0.25) is 4.79 Å². The van der Waals surface area contributed by atoms with Crippen LogP contribution in [0.4, 0.5) is 0 Å². The highest BCUT2D eigenvalue weighted by molar-refractivity contribution is 6.08. The number of phenolic OH excluding ortho intramolecular Hbond substituents is 1. The summed E-state index contributed by atoms with van der Waals surface area (Å²) in [6.45, 7) is 0.195. The fourth-order valence-corrected chi connectivity index (χ4v) is 1.75. The van der Waals surface area contributed by atoms with Crippen molar-refractivity contribution < 1.29 is 19.4 Å². The van der Waals surface area contributed by atoms with Crippen molar-refractivity contribution in [1.29, 1.82) is 0 Å². The van der Waals surface area contributed by atoms with Crippen LogP contribution in [0.5, 0.6) is 11.5 Å². The van der Waals surface area contributed by atoms with Gasteiger partial charge in [-0.1, -0.05) is 30.3 Å². The second kappa shape index (κ2) is 7.26. The Bertz CT molecular complexity index is 629. The first-order valence-corrected chi connectivity index (χ1v) is 6.43. The minimum Gasteiger partial charge on any atom is -0.507 e. The summed E-state index contributed by atoms with van der Waals surface area (Å²) in [6, 6.07) is 13.7. The maximum Gasteiger partial charge on any atom is 0.189 e. The van der Waals surface area contributed by atoms with Crippen LogP contribution in [0, 0.1) is 0 Å². The number of hydrogen-bond acceptors (Lipinski definition) is 4. The number of para-hydroxylation sites is 1. The molecule has 2 aromatic carbocycles. The highest BCUT2D eigenvalue weighted by Crippen LogP contribution is 2.18. The average molecular weight is 284 g/mol. The largest absolute Gasteiger partial charge is 0.507 e. The van der Waals surface area contributed by atoms with Crippen LogP contribution in [0.25, 0.3) is 6.08 Å². The van der Waals surface area contributed by atoms with Gasteiger partial charge in [-0.2, -0.15) is 0 Å². The number of aromatic hydroxyl groups is 1. The highest BCUT2D eigenvalue weighted by Gasteiger charge is 2.06. The summed E-state index contributed by atoms with van der Waals surface area (Å²) in [5.74, 6) is 0.435. The Morgan fingerprint density at radius 2 is 1.86 bits per heavy atom. The molecular formula is C17H16O4. The molecule has 0 spiro atoms. The topological polar surface area (TPSA) is 55.8 Å². The van der Waals surface area contributed by atoms with Gasteiger partial charge in [0.15, 0.2) is 12.6 Å². The van der Waals surface area contributed by atoms with E-state index in [4.69, 9.17) is 9.47 Å². The third kappa shape index (κ3) is 4.19. The Balaban J connectivity index is 2.04. The van der Waals surface area contributed by atoms with Crippen LogP contribution in [-0.2, 0) is 4.74 Å². The Labute approximate surface area is 123 Å². The maximum atomic E-state index is 12.0. The summed E-state index contributed by atoms with van der Waals surface area (Å²) < 4.78 is 10.1. The number of methoxy groups -OCH3 is 1. The normalized spacial score (nSPS) is 10.7. The lowest BCUT2D eigenvalue weighted by molar-refractivity contribution is 0.0511. The first-order chi connectivity index (χ1) is 10.2. The van der Waals surface area contributed by atoms with Gasteiger partial charge in [-0.25, -0.2) is 0 Å². The predicted molar refractivity (Wildman–Crippen MR) is 80.4 cm³/mol. The van der Waals surface area contributed by atoms with Crippen molar-refractivity contribution in [2.75, 3.05) is 13.9 Å². The number of allylic oxidation sites excluding steroid dienone is 1. The molecule has 0 aliphatic heterocycles. The molecule has 0 amide bonds. The average Bonchev–Trinajstić information content (AvgIpc) is 2.52. The van der Waals surface area contributed by atoms with Crippen LogP contribution in [0.15, 0.2) is 54.6 Å². The Morgan fingerprint density at radius 3 is 2.52 bits per heavy atom. The second-order valence-electron chi connectivity index (χ2n) is 4.33. The highest BCUT2D eigenvalue weighted by atomic mass is 16.7. The fourth-order valence-electron chi connectivity index (χ4n) is 1.75. The molecule has 0 unspecified atom stereocenters. The van der Waals surface area contributed by atoms with Gasteiger partial charge in [0.2, 0.25) is 0 Å². The van der Waals surface area contributed by atoms with Crippen molar-refractivity contribution in [3.05, 3.63) is 65.7 Å². The van der Waals surface area contributed by atoms with E-state index in [2.05, 4.69) is 0 Å². The number of ketones is 1. The van der Waals surface area contributed by atoms with E-state index in [-0.39, 0.29) is 23.9 Å². The lowest BCUT2D eigenvalue weighted by Gasteiger charge is -2.04. The predicted octanol–water partition coefficient (Wildman–Crippen LogP) is 3.27. The summed E-state index contributed by atoms with van der Waals surface area (Å²) in [7, 11) is 1.56. The maximum absolute atomic E-state index is 12.0. The lowest BCUT2D eigenvalue weighted by atomic mass is 10.1. The number of rotatable bonds is 6. The van der Waals surface area contributed by atoms with Crippen molar-refractivity contribution in [2.24, 2.45) is 0 Å². The number of carbonyl (C=O) groups excluding carboxylic acids is 1. The Morgan fingerprint density at radius 1 is 1.14 bits per heavy atom. The van der Waals surface area contributed by atoms with E-state index in [9.17, 15) is 9.90 Å². The molecule has 0 bridgehead atoms. The quantitative estimate of drug-likeness (QED) is 0.502. The van der Waals surface area contributed by atoms with E-state index < -0.39 is 0 Å². The third-order valence-electron chi connectivity index (χ3n) is 2.82. The van der Waals surface area contributed by atoms with Gasteiger partial charge in [0.05, 0.1) is 5.56 Å². The summed E-state index contributed by atoms with van der Waals surface area (Å²) in [5, 5.41) is 9.61. The minimum atomic E-state index is -0.243. The van der Waals surface area contributed by atoms with Gasteiger partial charge < -0.3 is 14.6 Å². The van der Waals surface area contributed by atoms with Crippen molar-refractivity contribution in [3.8, 4) is 11.5 Å². The zero-order valence-corrected chi connectivity index (χ0v) is 11.7. The van der Waals surface area contributed by atoms with Gasteiger partial charge in [0.25, 0.3) is 0 Å². The molecule has 2 rings (SSSR count). The van der Waals surface area contributed by atoms with Crippen LogP contribution >= 0.6 is 0 Å². The summed E-state index contributed by atoms with van der Waals surface area (Å²) in [5.41, 5.74) is 1.15. The molecule has 0 radical (unpaired) electrons. The summed E-state index contributed by atoms with van der Waals surface area (Å²) in [6.07, 6.45) is 3.12. The van der Waals surface area contributed by atoms with E-state index in [1.807, 2.05) is 12.1 Å². The first kappa shape index (κ1) is 14.8. The van der Waals surface area contributed by atoms with E-state index >= 15 is 0 Å². The van der Waals surface area contributed by atoms with Crippen molar-refractivity contribution in [3.63, 3.8) is 0 Å². The number of phenols is 1. The van der Waals surface area contributed by atoms with Crippen molar-refractivity contribution in [2.45, 2.75) is 0 Å². The van der Waals surface area contributed by atoms with Crippen LogP contribution in [0.1, 0.15) is 15.9 Å². The smallest absolute Gasteiger partial charge is 0.189 e. The number of benzene rings is 2. The summed E-state index contributed by atoms with van der Waals surface area (Å²) in [4.78, 5) is 12.0. The summed E-state index contributed by atoms with van der Waals surface area (Å²) >= 11 is 0. The van der Waals surface area contributed by atoms with E-state index in [0.29, 0.717) is 5.75 Å². The molecule has 4 nitrogen and oxygen atoms in total. The van der Waals surface area contributed by atoms with Gasteiger partial charge in [0.1, 0.15) is 11.5 Å². The Hall–Kier alpha value is -2.59. The van der Waals surface area contributed by atoms with Gasteiger partial charge in [0, 0.05) is 7.11 Å². The zero-order valence-electron chi connectivity index (χ0n) is 11.7. The number of ether oxygens (including phenoxy) is 2. The van der Waals surface area contributed by atoms with Gasteiger partial charge in [-0.05, 0) is 35.9 Å². The fraction of sp³-hybridized carbons (Fsp3) is 0.118. The molecule has 0 saturated carbocycles. The van der Waals surface area contributed by atoms with Gasteiger partial charge >= 0.3 is 0 Å². The molecule has 0 aliphatic carbocycles. The van der Waals surface area contributed by atoms with Gasteiger partial charge in [-0.15, -0.1) is 0 Å². The number of carbonyl (C=O) groups is 1. The minimum absolute atomic E-state index is 0.0181. The van der Waals surface area contributed by atoms with E-state index in [1.165, 1.54) is 12.1 Å². The molecule has 1 N–H and O–H groups in total. The molecule has 108 valence electrons. The molecule has 0 fully saturated rings. The lowest BCUT2D eigenvalue weighted by Crippen LogP contribution is -1.98. The molecule has 0 heterocycles. The SMILES string of the molecule is COCOc1ccc(/C=C/C(=O)c2ccccc2O)cc1. The van der Waals surface area contributed by atoms with Crippen LogP contribution in [0.3, 0.4) is 0 Å². The van der Waals surface area contributed by atoms with Crippen molar-refractivity contribution >= 4 is 11.9 Å². The Kier molecular flexibility index (Phi) is 5.12. The van der Waals surface area contributed by atoms with Crippen LogP contribution in [0.2, 0.25) is 0 Å². The first-order valence-electron chi connectivity index (χ1n) is 6.43. The van der Waals surface area contributed by atoms with E-state index in [1.54, 1.807) is 43.5 Å². The molecule has 4 heteroatoms. The molecule has 0 saturated heterocycles. The molecule has 21 heavy (non-hydrogen) atoms. The third-order valence-corrected chi connectivity index (χ3v) is 2.82. The van der Waals surface area contributed by atoms with Crippen LogP contribution in [-0.4, -0.2) is 24.8 Å². The molecule has 2 aromatic rings. The zero-order chi connectivity index (χ0) is 15.1. The standard InChI is InChI=1S/C17H16O4/c1-20-12-21-14-9-6-13(7-10-14)8-11-17(19)15-4-2-3-5-16(15)18/h2-11,18H,12H2,1H3/b11-8+. The number of hydrogen-bond donors (Lipinski definition) is 1. The van der Waals surface area contributed by atoms with Crippen LogP contribution < -0.4 is 4.74 Å². The second-order valence-corrected chi connectivity index (χ2v) is 4.33. The molecule has 0 atom stereocenters. The van der Waals surface area contributed by atoms with Crippen molar-refractivity contribution in [1.82, 2.24) is 0 Å².